The van der Waals surface area contributed by atoms with Gasteiger partial charge in [-0.1, -0.05) is 6.07 Å². The molecule has 0 radical (unpaired) electrons. The Morgan fingerprint density at radius 1 is 1.59 bits per heavy atom. The van der Waals surface area contributed by atoms with Gasteiger partial charge in [0.15, 0.2) is 0 Å². The molecule has 0 aromatic heterocycles. The molecule has 0 saturated carbocycles. The monoisotopic (exact) mass is 236 g/mol. The van der Waals surface area contributed by atoms with Crippen molar-refractivity contribution in [3.05, 3.63) is 29.6 Å². The van der Waals surface area contributed by atoms with E-state index in [9.17, 15) is 9.18 Å². The van der Waals surface area contributed by atoms with Crippen LogP contribution in [0.3, 0.4) is 0 Å². The number of halogens is 1. The summed E-state index contributed by atoms with van der Waals surface area (Å²) in [6, 6.07) is 4.65. The highest BCUT2D eigenvalue weighted by molar-refractivity contribution is 5.95. The third-order valence-electron chi connectivity index (χ3n) is 3.06. The van der Waals surface area contributed by atoms with Gasteiger partial charge < -0.3 is 10.6 Å². The number of carbonyl (C=O) groups excluding carboxylic acids is 1. The van der Waals surface area contributed by atoms with Crippen molar-refractivity contribution in [3.63, 3.8) is 0 Å². The fourth-order valence-corrected chi connectivity index (χ4v) is 2.10. The van der Waals surface area contributed by atoms with E-state index in [0.29, 0.717) is 19.4 Å². The Balaban J connectivity index is 2.10. The first-order valence-corrected chi connectivity index (χ1v) is 5.92. The van der Waals surface area contributed by atoms with E-state index in [1.54, 1.807) is 11.0 Å². The number of nitrogens with two attached hydrogens (primary N) is 1. The van der Waals surface area contributed by atoms with E-state index in [1.165, 1.54) is 12.1 Å². The van der Waals surface area contributed by atoms with Crippen LogP contribution in [0.4, 0.5) is 10.1 Å². The molecule has 1 aromatic carbocycles. The molecule has 2 N–H and O–H groups in total. The lowest BCUT2D eigenvalue weighted by atomic mass is 10.1. The van der Waals surface area contributed by atoms with Crippen LogP contribution < -0.4 is 10.6 Å². The largest absolute Gasteiger partial charge is 0.328 e. The van der Waals surface area contributed by atoms with Gasteiger partial charge in [0.05, 0.1) is 0 Å². The predicted octanol–water partition coefficient (Wildman–Crippen LogP) is 1.84. The zero-order chi connectivity index (χ0) is 12.4. The summed E-state index contributed by atoms with van der Waals surface area (Å²) in [6.07, 6.45) is 1.90. The molecule has 4 heteroatoms. The minimum atomic E-state index is -0.296. The standard InChI is InChI=1S/C13H17FN2O/c1-9(15)2-5-13(17)16-7-6-10-3-4-11(14)8-12(10)16/h3-4,8-9H,2,5-7,15H2,1H3. The maximum absolute atomic E-state index is 13.2. The molecule has 2 rings (SSSR count). The smallest absolute Gasteiger partial charge is 0.227 e. The summed E-state index contributed by atoms with van der Waals surface area (Å²) in [7, 11) is 0. The average molecular weight is 236 g/mol. The van der Waals surface area contributed by atoms with Crippen molar-refractivity contribution in [2.45, 2.75) is 32.2 Å². The molecule has 1 aromatic rings. The van der Waals surface area contributed by atoms with Crippen LogP contribution >= 0.6 is 0 Å². The van der Waals surface area contributed by atoms with Crippen molar-refractivity contribution in [1.82, 2.24) is 0 Å². The predicted molar refractivity (Wildman–Crippen MR) is 65.3 cm³/mol. The Morgan fingerprint density at radius 2 is 2.35 bits per heavy atom. The molecule has 1 atom stereocenters. The van der Waals surface area contributed by atoms with E-state index in [2.05, 4.69) is 0 Å². The third kappa shape index (κ3) is 2.64. The van der Waals surface area contributed by atoms with Crippen LogP contribution in [0.1, 0.15) is 25.3 Å². The molecule has 17 heavy (non-hydrogen) atoms. The summed E-state index contributed by atoms with van der Waals surface area (Å²) < 4.78 is 13.2. The van der Waals surface area contributed by atoms with Crippen molar-refractivity contribution < 1.29 is 9.18 Å². The van der Waals surface area contributed by atoms with Gasteiger partial charge in [-0.15, -0.1) is 0 Å². The number of hydrogen-bond acceptors (Lipinski definition) is 2. The average Bonchev–Trinajstić information content (AvgIpc) is 2.68. The van der Waals surface area contributed by atoms with Gasteiger partial charge in [0, 0.05) is 24.7 Å². The van der Waals surface area contributed by atoms with Crippen molar-refractivity contribution in [2.75, 3.05) is 11.4 Å². The van der Waals surface area contributed by atoms with Crippen LogP contribution in [0.2, 0.25) is 0 Å². The molecular weight excluding hydrogens is 219 g/mol. The fraction of sp³-hybridized carbons (Fsp3) is 0.462. The number of rotatable bonds is 3. The normalized spacial score (nSPS) is 15.8. The third-order valence-corrected chi connectivity index (χ3v) is 3.06. The van der Waals surface area contributed by atoms with E-state index < -0.39 is 0 Å². The summed E-state index contributed by atoms with van der Waals surface area (Å²) >= 11 is 0. The van der Waals surface area contributed by atoms with E-state index in [1.807, 2.05) is 6.92 Å². The van der Waals surface area contributed by atoms with Gasteiger partial charge in [-0.3, -0.25) is 4.79 Å². The molecule has 0 fully saturated rings. The molecule has 92 valence electrons. The maximum Gasteiger partial charge on any atom is 0.227 e. The summed E-state index contributed by atoms with van der Waals surface area (Å²) in [6.45, 7) is 2.53. The molecule has 1 amide bonds. The molecule has 1 aliphatic heterocycles. The SMILES string of the molecule is CC(N)CCC(=O)N1CCc2ccc(F)cc21. The second kappa shape index (κ2) is 4.84. The van der Waals surface area contributed by atoms with Crippen LogP contribution in [-0.4, -0.2) is 18.5 Å². The number of anilines is 1. The Hall–Kier alpha value is -1.42. The van der Waals surface area contributed by atoms with Gasteiger partial charge in [-0.2, -0.15) is 0 Å². The molecule has 1 heterocycles. The number of fused-ring (bicyclic) bond motifs is 1. The Morgan fingerprint density at radius 3 is 3.06 bits per heavy atom. The number of nitrogens with zero attached hydrogens (tertiary/aromatic N) is 1. The highest BCUT2D eigenvalue weighted by atomic mass is 19.1. The summed E-state index contributed by atoms with van der Waals surface area (Å²) in [4.78, 5) is 13.6. The molecule has 3 nitrogen and oxygen atoms in total. The lowest BCUT2D eigenvalue weighted by Crippen LogP contribution is -2.30. The van der Waals surface area contributed by atoms with Crippen molar-refractivity contribution in [2.24, 2.45) is 5.73 Å². The Bertz CT molecular complexity index is 431. The maximum atomic E-state index is 13.2. The molecule has 0 bridgehead atoms. The first-order valence-electron chi connectivity index (χ1n) is 5.92. The van der Waals surface area contributed by atoms with Gasteiger partial charge in [-0.25, -0.2) is 4.39 Å². The molecule has 0 spiro atoms. The lowest BCUT2D eigenvalue weighted by Gasteiger charge is -2.17. The summed E-state index contributed by atoms with van der Waals surface area (Å²) in [5, 5.41) is 0. The number of amides is 1. The summed E-state index contributed by atoms with van der Waals surface area (Å²) in [5.74, 6) is -0.262. The van der Waals surface area contributed by atoms with E-state index >= 15 is 0 Å². The quantitative estimate of drug-likeness (QED) is 0.870. The minimum absolute atomic E-state index is 0.0218. The van der Waals surface area contributed by atoms with Gasteiger partial charge in [0.1, 0.15) is 5.82 Å². The molecule has 0 saturated heterocycles. The highest BCUT2D eigenvalue weighted by Gasteiger charge is 2.24. The zero-order valence-electron chi connectivity index (χ0n) is 9.95. The molecular formula is C13H17FN2O. The van der Waals surface area contributed by atoms with Crippen molar-refractivity contribution in [1.29, 1.82) is 0 Å². The van der Waals surface area contributed by atoms with E-state index in [4.69, 9.17) is 5.73 Å². The van der Waals surface area contributed by atoms with Crippen LogP contribution in [0.15, 0.2) is 18.2 Å². The highest BCUT2D eigenvalue weighted by Crippen LogP contribution is 2.29. The Kier molecular flexibility index (Phi) is 3.43. The van der Waals surface area contributed by atoms with Crippen molar-refractivity contribution >= 4 is 11.6 Å². The topological polar surface area (TPSA) is 46.3 Å². The first-order chi connectivity index (χ1) is 8.08. The second-order valence-electron chi connectivity index (χ2n) is 4.58. The van der Waals surface area contributed by atoms with Crippen LogP contribution in [0.25, 0.3) is 0 Å². The van der Waals surface area contributed by atoms with E-state index in [0.717, 1.165) is 17.7 Å². The number of benzene rings is 1. The molecule has 1 unspecified atom stereocenters. The lowest BCUT2D eigenvalue weighted by molar-refractivity contribution is -0.118. The van der Waals surface area contributed by atoms with Crippen LogP contribution in [-0.2, 0) is 11.2 Å². The zero-order valence-corrected chi connectivity index (χ0v) is 9.95. The molecule has 0 aliphatic carbocycles. The first kappa shape index (κ1) is 12.0. The van der Waals surface area contributed by atoms with Crippen LogP contribution in [0, 0.1) is 5.82 Å². The number of hydrogen-bond donors (Lipinski definition) is 1. The van der Waals surface area contributed by atoms with Gasteiger partial charge in [-0.05, 0) is 37.5 Å². The van der Waals surface area contributed by atoms with Gasteiger partial charge in [0.2, 0.25) is 5.91 Å². The van der Waals surface area contributed by atoms with Gasteiger partial charge >= 0.3 is 0 Å². The van der Waals surface area contributed by atoms with E-state index in [-0.39, 0.29) is 17.8 Å². The second-order valence-corrected chi connectivity index (χ2v) is 4.58. The molecule has 1 aliphatic rings. The fourth-order valence-electron chi connectivity index (χ4n) is 2.10. The van der Waals surface area contributed by atoms with Crippen molar-refractivity contribution in [3.8, 4) is 0 Å². The minimum Gasteiger partial charge on any atom is -0.328 e. The van der Waals surface area contributed by atoms with Crippen LogP contribution in [0.5, 0.6) is 0 Å². The number of carbonyl (C=O) groups is 1. The Labute approximate surface area is 100 Å². The summed E-state index contributed by atoms with van der Waals surface area (Å²) in [5.41, 5.74) is 7.39. The van der Waals surface area contributed by atoms with Gasteiger partial charge in [0.25, 0.3) is 0 Å².